The third-order valence-corrected chi connectivity index (χ3v) is 6.03. The van der Waals surface area contributed by atoms with Crippen LogP contribution >= 0.6 is 22.7 Å². The number of nitrogens with zero attached hydrogens (tertiary/aromatic N) is 5. The second kappa shape index (κ2) is 8.76. The Hall–Kier alpha value is -3.05. The quantitative estimate of drug-likeness (QED) is 0.636. The van der Waals surface area contributed by atoms with Crippen LogP contribution in [0.25, 0.3) is 10.2 Å². The summed E-state index contributed by atoms with van der Waals surface area (Å²) in [5.74, 6) is 0.134. The molecule has 3 heterocycles. The number of rotatable bonds is 5. The van der Waals surface area contributed by atoms with Crippen LogP contribution < -0.4 is 10.6 Å². The molecule has 3 rings (SSSR count). The number of carbonyl (C=O) groups excluding carboxylic acids is 1. The highest BCUT2D eigenvalue weighted by molar-refractivity contribution is 7.20. The van der Waals surface area contributed by atoms with Crippen molar-refractivity contribution in [1.82, 2.24) is 9.97 Å². The summed E-state index contributed by atoms with van der Waals surface area (Å²) in [5.41, 5.74) is 5.69. The largest absolute Gasteiger partial charge is 0.443 e. The maximum atomic E-state index is 13.1. The van der Waals surface area contributed by atoms with E-state index >= 15 is 0 Å². The van der Waals surface area contributed by atoms with E-state index in [4.69, 9.17) is 10.5 Å². The Balaban J connectivity index is 2.23. The van der Waals surface area contributed by atoms with Gasteiger partial charge in [-0.05, 0) is 45.2 Å². The number of thiophene rings is 2. The van der Waals surface area contributed by atoms with Crippen LogP contribution in [0, 0.1) is 22.7 Å². The van der Waals surface area contributed by atoms with Crippen molar-refractivity contribution in [2.75, 3.05) is 11.4 Å². The Labute approximate surface area is 182 Å². The monoisotopic (exact) mass is 440 g/mol. The standard InChI is InChI=1S/C20H20N6O2S2/c1-20(2,3)28-19(27)26(11-12-5-4-8-29-12)18-17-16(24-15(10-23)25-18)13(9-22)14(30-17)6-7-21/h4-5,8H,6-7,11,21H2,1-3H3. The molecule has 0 saturated carbocycles. The van der Waals surface area contributed by atoms with Crippen molar-refractivity contribution in [1.29, 1.82) is 10.5 Å². The third-order valence-electron chi connectivity index (χ3n) is 3.94. The van der Waals surface area contributed by atoms with Gasteiger partial charge in [0, 0.05) is 9.75 Å². The van der Waals surface area contributed by atoms with Crippen LogP contribution in [0.2, 0.25) is 0 Å². The van der Waals surface area contributed by atoms with E-state index in [9.17, 15) is 15.3 Å². The fraction of sp³-hybridized carbons (Fsp3) is 0.350. The summed E-state index contributed by atoms with van der Waals surface area (Å²) in [6.07, 6.45) is -0.102. The van der Waals surface area contributed by atoms with Crippen LogP contribution in [0.4, 0.5) is 10.6 Å². The van der Waals surface area contributed by atoms with Gasteiger partial charge in [0.1, 0.15) is 23.3 Å². The van der Waals surface area contributed by atoms with Crippen LogP contribution in [0.15, 0.2) is 17.5 Å². The molecular formula is C20H20N6O2S2. The molecule has 0 aromatic carbocycles. The van der Waals surface area contributed by atoms with E-state index in [-0.39, 0.29) is 18.2 Å². The first-order chi connectivity index (χ1) is 14.3. The SMILES string of the molecule is CC(C)(C)OC(=O)N(Cc1cccs1)c1nc(C#N)nc2c(C#N)c(CCN)sc12. The first-order valence-corrected chi connectivity index (χ1v) is 10.8. The number of anilines is 1. The maximum Gasteiger partial charge on any atom is 0.416 e. The van der Waals surface area contributed by atoms with E-state index in [1.54, 1.807) is 20.8 Å². The molecule has 0 aliphatic heterocycles. The van der Waals surface area contributed by atoms with Gasteiger partial charge < -0.3 is 10.5 Å². The number of hydrogen-bond donors (Lipinski definition) is 1. The molecule has 0 aliphatic rings. The van der Waals surface area contributed by atoms with Gasteiger partial charge in [-0.3, -0.25) is 4.90 Å². The van der Waals surface area contributed by atoms with Gasteiger partial charge in [-0.1, -0.05) is 6.07 Å². The molecule has 0 atom stereocenters. The lowest BCUT2D eigenvalue weighted by Crippen LogP contribution is -2.37. The lowest BCUT2D eigenvalue weighted by molar-refractivity contribution is 0.0577. The van der Waals surface area contributed by atoms with Crippen molar-refractivity contribution in [2.45, 2.75) is 39.3 Å². The lowest BCUT2D eigenvalue weighted by Gasteiger charge is -2.26. The summed E-state index contributed by atoms with van der Waals surface area (Å²) in [6, 6.07) is 7.88. The Kier molecular flexibility index (Phi) is 6.32. The van der Waals surface area contributed by atoms with Crippen molar-refractivity contribution < 1.29 is 9.53 Å². The summed E-state index contributed by atoms with van der Waals surface area (Å²) >= 11 is 2.81. The highest BCUT2D eigenvalue weighted by Gasteiger charge is 2.29. The minimum Gasteiger partial charge on any atom is -0.443 e. The molecule has 0 bridgehead atoms. The van der Waals surface area contributed by atoms with Crippen LogP contribution in [-0.2, 0) is 17.7 Å². The second-order valence-electron chi connectivity index (χ2n) is 7.36. The number of ether oxygens (including phenoxy) is 1. The van der Waals surface area contributed by atoms with Gasteiger partial charge in [0.15, 0.2) is 5.82 Å². The first kappa shape index (κ1) is 21.7. The molecule has 8 nitrogen and oxygen atoms in total. The van der Waals surface area contributed by atoms with Crippen LogP contribution in [0.3, 0.4) is 0 Å². The number of amides is 1. The van der Waals surface area contributed by atoms with Crippen LogP contribution in [-0.4, -0.2) is 28.2 Å². The molecule has 30 heavy (non-hydrogen) atoms. The van der Waals surface area contributed by atoms with E-state index in [1.807, 2.05) is 23.6 Å². The van der Waals surface area contributed by atoms with E-state index in [2.05, 4.69) is 16.0 Å². The molecule has 3 aromatic heterocycles. The Morgan fingerprint density at radius 2 is 2.07 bits per heavy atom. The zero-order valence-corrected chi connectivity index (χ0v) is 18.4. The molecule has 0 fully saturated rings. The average Bonchev–Trinajstić information content (AvgIpc) is 3.31. The van der Waals surface area contributed by atoms with Crippen molar-refractivity contribution in [3.05, 3.63) is 38.7 Å². The first-order valence-electron chi connectivity index (χ1n) is 9.14. The normalized spacial score (nSPS) is 11.1. The predicted molar refractivity (Wildman–Crippen MR) is 116 cm³/mol. The highest BCUT2D eigenvalue weighted by atomic mass is 32.1. The average molecular weight is 441 g/mol. The lowest BCUT2D eigenvalue weighted by atomic mass is 10.2. The van der Waals surface area contributed by atoms with Crippen molar-refractivity contribution >= 4 is 44.8 Å². The minimum absolute atomic E-state index is 0.120. The van der Waals surface area contributed by atoms with Crippen molar-refractivity contribution in [3.8, 4) is 12.1 Å². The van der Waals surface area contributed by atoms with Gasteiger partial charge in [-0.25, -0.2) is 9.78 Å². The molecule has 2 N–H and O–H groups in total. The third kappa shape index (κ3) is 4.57. The van der Waals surface area contributed by atoms with Crippen LogP contribution in [0.1, 0.15) is 41.9 Å². The molecular weight excluding hydrogens is 420 g/mol. The highest BCUT2D eigenvalue weighted by Crippen LogP contribution is 2.37. The fourth-order valence-corrected chi connectivity index (χ4v) is 4.66. The Bertz CT molecular complexity index is 1150. The van der Waals surface area contributed by atoms with Gasteiger partial charge in [-0.15, -0.1) is 22.7 Å². The second-order valence-corrected chi connectivity index (χ2v) is 9.49. The zero-order valence-electron chi connectivity index (χ0n) is 16.8. The molecule has 1 amide bonds. The molecule has 0 radical (unpaired) electrons. The molecule has 0 unspecified atom stereocenters. The van der Waals surface area contributed by atoms with Gasteiger partial charge >= 0.3 is 6.09 Å². The summed E-state index contributed by atoms with van der Waals surface area (Å²) < 4.78 is 6.16. The van der Waals surface area contributed by atoms with E-state index in [0.29, 0.717) is 28.7 Å². The van der Waals surface area contributed by atoms with E-state index in [1.165, 1.54) is 27.6 Å². The number of nitrogens with two attached hydrogens (primary N) is 1. The Morgan fingerprint density at radius 3 is 2.63 bits per heavy atom. The smallest absolute Gasteiger partial charge is 0.416 e. The summed E-state index contributed by atoms with van der Waals surface area (Å²) in [4.78, 5) is 24.7. The molecule has 0 spiro atoms. The summed E-state index contributed by atoms with van der Waals surface area (Å²) in [7, 11) is 0. The number of aromatic nitrogens is 2. The molecule has 154 valence electrons. The van der Waals surface area contributed by atoms with Crippen molar-refractivity contribution in [2.24, 2.45) is 5.73 Å². The molecule has 0 aliphatic carbocycles. The summed E-state index contributed by atoms with van der Waals surface area (Å²) in [6.45, 7) is 5.92. The van der Waals surface area contributed by atoms with E-state index in [0.717, 1.165) is 9.75 Å². The van der Waals surface area contributed by atoms with E-state index < -0.39 is 11.7 Å². The van der Waals surface area contributed by atoms with Gasteiger partial charge in [0.05, 0.1) is 16.8 Å². The van der Waals surface area contributed by atoms with Gasteiger partial charge in [0.2, 0.25) is 5.82 Å². The molecule has 0 saturated heterocycles. The van der Waals surface area contributed by atoms with Crippen molar-refractivity contribution in [3.63, 3.8) is 0 Å². The predicted octanol–water partition coefficient (Wildman–Crippen LogP) is 3.94. The number of nitriles is 2. The summed E-state index contributed by atoms with van der Waals surface area (Å²) in [5, 5.41) is 21.0. The fourth-order valence-electron chi connectivity index (χ4n) is 2.77. The minimum atomic E-state index is -0.715. The molecule has 10 heteroatoms. The molecule has 3 aromatic rings. The topological polar surface area (TPSA) is 129 Å². The zero-order chi connectivity index (χ0) is 21.9. The van der Waals surface area contributed by atoms with Gasteiger partial charge in [-0.2, -0.15) is 15.5 Å². The van der Waals surface area contributed by atoms with Gasteiger partial charge in [0.25, 0.3) is 0 Å². The van der Waals surface area contributed by atoms with Crippen LogP contribution in [0.5, 0.6) is 0 Å². The number of hydrogen-bond acceptors (Lipinski definition) is 9. The maximum absolute atomic E-state index is 13.1. The number of fused-ring (bicyclic) bond motifs is 1. The Morgan fingerprint density at radius 1 is 1.30 bits per heavy atom. The number of carbonyl (C=O) groups is 1.